The first-order valence-electron chi connectivity index (χ1n) is 8.87. The molecule has 2 rings (SSSR count). The standard InChI is InChI=1S/C19H26F2N2O3S/c1-19(2,3)26-18(25)22(4)12-14-6-5-11-23(14)16(24)13-7-9-15(10-8-13)27-17(20)21/h7-10,14,17H,5-6,11-12H2,1-4H3. The second-order valence-corrected chi connectivity index (χ2v) is 8.62. The molecule has 1 unspecified atom stereocenters. The van der Waals surface area contributed by atoms with Crippen LogP contribution in [0.5, 0.6) is 0 Å². The molecule has 1 heterocycles. The number of likely N-dealkylation sites (N-methyl/N-ethyl adjacent to an activating group) is 1. The van der Waals surface area contributed by atoms with Crippen molar-refractivity contribution in [2.45, 2.75) is 55.9 Å². The van der Waals surface area contributed by atoms with Crippen LogP contribution in [0.2, 0.25) is 0 Å². The minimum atomic E-state index is -2.49. The summed E-state index contributed by atoms with van der Waals surface area (Å²) < 4.78 is 30.2. The van der Waals surface area contributed by atoms with Gasteiger partial charge in [0.05, 0.1) is 0 Å². The summed E-state index contributed by atoms with van der Waals surface area (Å²) in [4.78, 5) is 28.6. The molecule has 1 aliphatic heterocycles. The zero-order valence-corrected chi connectivity index (χ0v) is 16.9. The lowest BCUT2D eigenvalue weighted by molar-refractivity contribution is 0.0252. The van der Waals surface area contributed by atoms with Crippen molar-refractivity contribution in [2.24, 2.45) is 0 Å². The predicted molar refractivity (Wildman–Crippen MR) is 101 cm³/mol. The largest absolute Gasteiger partial charge is 0.444 e. The normalized spacial score (nSPS) is 17.3. The molecular formula is C19H26F2N2O3S. The number of halogens is 2. The molecule has 8 heteroatoms. The third-order valence-corrected chi connectivity index (χ3v) is 4.88. The van der Waals surface area contributed by atoms with Crippen molar-refractivity contribution in [3.63, 3.8) is 0 Å². The molecule has 0 aliphatic carbocycles. The van der Waals surface area contributed by atoms with E-state index in [1.807, 2.05) is 0 Å². The van der Waals surface area contributed by atoms with Crippen molar-refractivity contribution in [2.75, 3.05) is 20.1 Å². The van der Waals surface area contributed by atoms with Crippen molar-refractivity contribution in [1.29, 1.82) is 0 Å². The van der Waals surface area contributed by atoms with Crippen LogP contribution in [0.1, 0.15) is 44.0 Å². The van der Waals surface area contributed by atoms with Crippen LogP contribution >= 0.6 is 11.8 Å². The minimum Gasteiger partial charge on any atom is -0.444 e. The highest BCUT2D eigenvalue weighted by molar-refractivity contribution is 7.99. The highest BCUT2D eigenvalue weighted by Crippen LogP contribution is 2.26. The number of alkyl halides is 2. The van der Waals surface area contributed by atoms with Gasteiger partial charge in [0.2, 0.25) is 0 Å². The summed E-state index contributed by atoms with van der Waals surface area (Å²) in [6, 6.07) is 6.11. The first kappa shape index (κ1) is 21.5. The van der Waals surface area contributed by atoms with Crippen molar-refractivity contribution < 1.29 is 23.1 Å². The maximum Gasteiger partial charge on any atom is 0.410 e. The number of carbonyl (C=O) groups is 2. The SMILES string of the molecule is CN(CC1CCCN1C(=O)c1ccc(SC(F)F)cc1)C(=O)OC(C)(C)C. The van der Waals surface area contributed by atoms with Gasteiger partial charge in [-0.2, -0.15) is 8.78 Å². The quantitative estimate of drug-likeness (QED) is 0.684. The molecule has 27 heavy (non-hydrogen) atoms. The summed E-state index contributed by atoms with van der Waals surface area (Å²) in [6.45, 7) is 6.42. The van der Waals surface area contributed by atoms with Crippen LogP contribution in [-0.4, -0.2) is 59.3 Å². The average Bonchev–Trinajstić information content (AvgIpc) is 3.00. The number of carbonyl (C=O) groups excluding carboxylic acids is 2. The van der Waals surface area contributed by atoms with Crippen molar-refractivity contribution in [3.05, 3.63) is 29.8 Å². The van der Waals surface area contributed by atoms with Crippen LogP contribution in [0.4, 0.5) is 13.6 Å². The first-order chi connectivity index (χ1) is 12.6. The molecule has 5 nitrogen and oxygen atoms in total. The minimum absolute atomic E-state index is 0.0925. The van der Waals surface area contributed by atoms with E-state index < -0.39 is 17.5 Å². The van der Waals surface area contributed by atoms with Crippen LogP contribution in [-0.2, 0) is 4.74 Å². The number of hydrogen-bond acceptors (Lipinski definition) is 4. The lowest BCUT2D eigenvalue weighted by Crippen LogP contribution is -2.45. The van der Waals surface area contributed by atoms with E-state index in [0.717, 1.165) is 12.8 Å². The molecule has 0 saturated carbocycles. The Balaban J connectivity index is 2.00. The highest BCUT2D eigenvalue weighted by Gasteiger charge is 2.32. The smallest absolute Gasteiger partial charge is 0.410 e. The van der Waals surface area contributed by atoms with Crippen LogP contribution in [0.3, 0.4) is 0 Å². The second kappa shape index (κ2) is 8.91. The van der Waals surface area contributed by atoms with Gasteiger partial charge in [0.25, 0.3) is 11.7 Å². The summed E-state index contributed by atoms with van der Waals surface area (Å²) in [7, 11) is 1.66. The van der Waals surface area contributed by atoms with Gasteiger partial charge in [-0.3, -0.25) is 4.79 Å². The molecule has 1 saturated heterocycles. The lowest BCUT2D eigenvalue weighted by Gasteiger charge is -2.30. The van der Waals surface area contributed by atoms with Crippen LogP contribution in [0.15, 0.2) is 29.2 Å². The van der Waals surface area contributed by atoms with E-state index in [2.05, 4.69) is 0 Å². The summed E-state index contributed by atoms with van der Waals surface area (Å²) in [5, 5.41) is 0. The third-order valence-electron chi connectivity index (χ3n) is 4.15. The number of thioether (sulfide) groups is 1. The monoisotopic (exact) mass is 400 g/mol. The Labute approximate surface area is 163 Å². The Bertz CT molecular complexity index is 662. The van der Waals surface area contributed by atoms with Gasteiger partial charge in [0.15, 0.2) is 0 Å². The van der Waals surface area contributed by atoms with E-state index in [9.17, 15) is 18.4 Å². The third kappa shape index (κ3) is 6.37. The molecule has 1 fully saturated rings. The number of nitrogens with zero attached hydrogens (tertiary/aromatic N) is 2. The molecule has 1 aromatic rings. The molecule has 2 amide bonds. The van der Waals surface area contributed by atoms with Crippen molar-refractivity contribution in [3.8, 4) is 0 Å². The van der Waals surface area contributed by atoms with E-state index in [0.29, 0.717) is 35.3 Å². The fraction of sp³-hybridized carbons (Fsp3) is 0.579. The number of likely N-dealkylation sites (tertiary alicyclic amines) is 1. The average molecular weight is 400 g/mol. The van der Waals surface area contributed by atoms with E-state index in [1.54, 1.807) is 44.9 Å². The fourth-order valence-corrected chi connectivity index (χ4v) is 3.47. The van der Waals surface area contributed by atoms with E-state index in [1.165, 1.54) is 17.0 Å². The summed E-state index contributed by atoms with van der Waals surface area (Å²) in [5.74, 6) is -2.64. The van der Waals surface area contributed by atoms with Gasteiger partial charge < -0.3 is 14.5 Å². The first-order valence-corrected chi connectivity index (χ1v) is 9.75. The van der Waals surface area contributed by atoms with Gasteiger partial charge in [-0.1, -0.05) is 11.8 Å². The molecule has 0 spiro atoms. The van der Waals surface area contributed by atoms with E-state index >= 15 is 0 Å². The molecule has 0 bridgehead atoms. The Hall–Kier alpha value is -1.83. The number of rotatable bonds is 5. The zero-order chi connectivity index (χ0) is 20.2. The Kier molecular flexibility index (Phi) is 7.08. The Morgan fingerprint density at radius 1 is 1.30 bits per heavy atom. The highest BCUT2D eigenvalue weighted by atomic mass is 32.2. The van der Waals surface area contributed by atoms with Crippen LogP contribution < -0.4 is 0 Å². The molecule has 1 atom stereocenters. The summed E-state index contributed by atoms with van der Waals surface area (Å²) in [6.07, 6.45) is 1.24. The van der Waals surface area contributed by atoms with Crippen molar-refractivity contribution in [1.82, 2.24) is 9.80 Å². The van der Waals surface area contributed by atoms with E-state index in [4.69, 9.17) is 4.74 Å². The van der Waals surface area contributed by atoms with E-state index in [-0.39, 0.29) is 11.9 Å². The topological polar surface area (TPSA) is 49.9 Å². The molecule has 0 radical (unpaired) electrons. The van der Waals surface area contributed by atoms with Gasteiger partial charge in [0, 0.05) is 36.6 Å². The van der Waals surface area contributed by atoms with Gasteiger partial charge >= 0.3 is 6.09 Å². The maximum atomic E-state index is 12.8. The second-order valence-electron chi connectivity index (χ2n) is 7.56. The number of ether oxygens (including phenoxy) is 1. The molecular weight excluding hydrogens is 374 g/mol. The molecule has 1 aliphatic rings. The maximum absolute atomic E-state index is 12.8. The lowest BCUT2D eigenvalue weighted by atomic mass is 10.1. The summed E-state index contributed by atoms with van der Waals surface area (Å²) in [5.41, 5.74) is -0.116. The molecule has 0 N–H and O–H groups in total. The number of amides is 2. The van der Waals surface area contributed by atoms with Gasteiger partial charge in [-0.05, 0) is 57.9 Å². The Morgan fingerprint density at radius 2 is 1.93 bits per heavy atom. The molecule has 150 valence electrons. The zero-order valence-electron chi connectivity index (χ0n) is 16.1. The van der Waals surface area contributed by atoms with Crippen LogP contribution in [0, 0.1) is 0 Å². The fourth-order valence-electron chi connectivity index (χ4n) is 2.97. The number of hydrogen-bond donors (Lipinski definition) is 0. The molecule has 0 aromatic heterocycles. The van der Waals surface area contributed by atoms with Crippen molar-refractivity contribution >= 4 is 23.8 Å². The summed E-state index contributed by atoms with van der Waals surface area (Å²) >= 11 is 0.451. The number of benzene rings is 1. The van der Waals surface area contributed by atoms with Gasteiger partial charge in [0.1, 0.15) is 5.60 Å². The van der Waals surface area contributed by atoms with Gasteiger partial charge in [-0.15, -0.1) is 0 Å². The Morgan fingerprint density at radius 3 is 2.48 bits per heavy atom. The molecule has 1 aromatic carbocycles. The van der Waals surface area contributed by atoms with Crippen LogP contribution in [0.25, 0.3) is 0 Å². The van der Waals surface area contributed by atoms with Gasteiger partial charge in [-0.25, -0.2) is 4.79 Å². The predicted octanol–water partition coefficient (Wildman–Crippen LogP) is 4.47.